The molecule has 0 aliphatic rings. The van der Waals surface area contributed by atoms with Gasteiger partial charge in [0.15, 0.2) is 0 Å². The molecule has 0 bridgehead atoms. The van der Waals surface area contributed by atoms with Crippen LogP contribution < -0.4 is 0 Å². The first-order valence-electron chi connectivity index (χ1n) is 18.4. The van der Waals surface area contributed by atoms with E-state index in [1.165, 1.54) is 98.3 Å². The zero-order valence-corrected chi connectivity index (χ0v) is 29.0. The smallest absolute Gasteiger partial charge is 0.0619 e. The van der Waals surface area contributed by atoms with E-state index in [-0.39, 0.29) is 0 Å². The Hall–Kier alpha value is -6.96. The fourth-order valence-electron chi connectivity index (χ4n) is 8.90. The average Bonchev–Trinajstić information content (AvgIpc) is 3.57. The second kappa shape index (κ2) is 11.8. The topological polar surface area (TPSA) is 4.93 Å². The first-order valence-corrected chi connectivity index (χ1v) is 18.4. The number of rotatable bonds is 4. The van der Waals surface area contributed by atoms with Gasteiger partial charge in [0.05, 0.1) is 11.0 Å². The van der Waals surface area contributed by atoms with Gasteiger partial charge in [-0.3, -0.25) is 0 Å². The van der Waals surface area contributed by atoms with Gasteiger partial charge >= 0.3 is 0 Å². The summed E-state index contributed by atoms with van der Waals surface area (Å²) in [4.78, 5) is 0. The molecule has 1 nitrogen and oxygen atoms in total. The Morgan fingerprint density at radius 2 is 0.811 bits per heavy atom. The largest absolute Gasteiger partial charge is 0.309 e. The summed E-state index contributed by atoms with van der Waals surface area (Å²) in [6.45, 7) is 0. The van der Waals surface area contributed by atoms with E-state index in [4.69, 9.17) is 0 Å². The normalized spacial score (nSPS) is 11.8. The van der Waals surface area contributed by atoms with Crippen LogP contribution in [0.5, 0.6) is 0 Å². The number of hydrogen-bond acceptors (Lipinski definition) is 0. The van der Waals surface area contributed by atoms with Crippen LogP contribution in [-0.2, 0) is 0 Å². The van der Waals surface area contributed by atoms with Crippen molar-refractivity contribution in [3.8, 4) is 39.1 Å². The van der Waals surface area contributed by atoms with Gasteiger partial charge in [0.25, 0.3) is 0 Å². The highest BCUT2D eigenvalue weighted by molar-refractivity contribution is 6.24. The lowest BCUT2D eigenvalue weighted by Crippen LogP contribution is -1.96. The maximum atomic E-state index is 2.46. The molecule has 1 aromatic heterocycles. The second-order valence-corrected chi connectivity index (χ2v) is 14.0. The van der Waals surface area contributed by atoms with Gasteiger partial charge in [0, 0.05) is 21.8 Å². The minimum atomic E-state index is 1.15. The summed E-state index contributed by atoms with van der Waals surface area (Å²) in [6, 6.07) is 73.4. The molecule has 0 aliphatic heterocycles. The summed E-state index contributed by atoms with van der Waals surface area (Å²) in [6.07, 6.45) is 0. The Morgan fingerprint density at radius 3 is 1.51 bits per heavy atom. The number of benzene rings is 10. The predicted molar refractivity (Wildman–Crippen MR) is 227 cm³/mol. The highest BCUT2D eigenvalue weighted by Gasteiger charge is 2.20. The van der Waals surface area contributed by atoms with Crippen molar-refractivity contribution in [3.63, 3.8) is 0 Å². The number of hydrogen-bond donors (Lipinski definition) is 0. The van der Waals surface area contributed by atoms with E-state index in [1.54, 1.807) is 0 Å². The summed E-state index contributed by atoms with van der Waals surface area (Å²) in [5.41, 5.74) is 11.1. The zero-order valence-electron chi connectivity index (χ0n) is 29.0. The monoisotopic (exact) mass is 671 g/mol. The maximum absolute atomic E-state index is 2.46. The van der Waals surface area contributed by atoms with E-state index in [9.17, 15) is 0 Å². The molecule has 0 saturated carbocycles. The van der Waals surface area contributed by atoms with Gasteiger partial charge in [0.1, 0.15) is 0 Å². The van der Waals surface area contributed by atoms with Crippen molar-refractivity contribution >= 4 is 64.9 Å². The van der Waals surface area contributed by atoms with Crippen LogP contribution in [0.25, 0.3) is 104 Å². The Labute approximate surface area is 307 Å². The summed E-state index contributed by atoms with van der Waals surface area (Å²) in [7, 11) is 0. The lowest BCUT2D eigenvalue weighted by Gasteiger charge is -2.19. The Morgan fingerprint density at radius 1 is 0.283 bits per heavy atom. The fourth-order valence-corrected chi connectivity index (χ4v) is 8.90. The van der Waals surface area contributed by atoms with Crippen molar-refractivity contribution in [2.45, 2.75) is 0 Å². The molecule has 0 atom stereocenters. The molecule has 11 aromatic rings. The quantitative estimate of drug-likeness (QED) is 0.164. The third kappa shape index (κ3) is 4.51. The highest BCUT2D eigenvalue weighted by Crippen LogP contribution is 2.46. The maximum Gasteiger partial charge on any atom is 0.0619 e. The molecule has 0 N–H and O–H groups in total. The van der Waals surface area contributed by atoms with Gasteiger partial charge in [0.2, 0.25) is 0 Å². The van der Waals surface area contributed by atoms with Gasteiger partial charge in [-0.15, -0.1) is 0 Å². The molecule has 0 radical (unpaired) electrons. The minimum Gasteiger partial charge on any atom is -0.309 e. The number of fused-ring (bicyclic) bond motifs is 8. The van der Waals surface area contributed by atoms with Gasteiger partial charge < -0.3 is 4.57 Å². The molecule has 246 valence electrons. The van der Waals surface area contributed by atoms with E-state index in [0.717, 1.165) is 5.69 Å². The minimum absolute atomic E-state index is 1.15. The highest BCUT2D eigenvalue weighted by atomic mass is 15.0. The van der Waals surface area contributed by atoms with Crippen molar-refractivity contribution in [1.82, 2.24) is 4.57 Å². The predicted octanol–water partition coefficient (Wildman–Crippen LogP) is 14.4. The van der Waals surface area contributed by atoms with E-state index in [2.05, 4.69) is 205 Å². The Kier molecular flexibility index (Phi) is 6.62. The molecule has 53 heavy (non-hydrogen) atoms. The zero-order chi connectivity index (χ0) is 34.9. The van der Waals surface area contributed by atoms with Crippen LogP contribution in [0.3, 0.4) is 0 Å². The lowest BCUT2D eigenvalue weighted by molar-refractivity contribution is 1.19. The molecule has 0 amide bonds. The molecular weight excluding hydrogens is 639 g/mol. The molecule has 0 saturated heterocycles. The first-order chi connectivity index (χ1) is 26.3. The fraction of sp³-hybridized carbons (Fsp3) is 0. The third-order valence-electron chi connectivity index (χ3n) is 11.2. The third-order valence-corrected chi connectivity index (χ3v) is 11.2. The van der Waals surface area contributed by atoms with Crippen LogP contribution >= 0.6 is 0 Å². The Bertz CT molecular complexity index is 3140. The molecule has 1 heterocycles. The molecule has 0 unspecified atom stereocenters. The van der Waals surface area contributed by atoms with Gasteiger partial charge in [-0.1, -0.05) is 176 Å². The van der Waals surface area contributed by atoms with Gasteiger partial charge in [-0.05, 0) is 95.3 Å². The Balaban J connectivity index is 1.15. The summed E-state index contributed by atoms with van der Waals surface area (Å²) >= 11 is 0. The van der Waals surface area contributed by atoms with Crippen LogP contribution in [0, 0.1) is 0 Å². The molecule has 0 spiro atoms. The van der Waals surface area contributed by atoms with Gasteiger partial charge in [-0.25, -0.2) is 0 Å². The van der Waals surface area contributed by atoms with Crippen molar-refractivity contribution < 1.29 is 0 Å². The molecule has 11 rings (SSSR count). The first kappa shape index (κ1) is 29.7. The number of para-hydroxylation sites is 1. The van der Waals surface area contributed by atoms with Crippen LogP contribution in [0.4, 0.5) is 0 Å². The van der Waals surface area contributed by atoms with Crippen LogP contribution in [0.1, 0.15) is 0 Å². The van der Waals surface area contributed by atoms with Crippen molar-refractivity contribution in [1.29, 1.82) is 0 Å². The average molecular weight is 672 g/mol. The van der Waals surface area contributed by atoms with E-state index < -0.39 is 0 Å². The molecule has 0 aliphatic carbocycles. The van der Waals surface area contributed by atoms with Crippen molar-refractivity contribution in [2.24, 2.45) is 0 Å². The van der Waals surface area contributed by atoms with Crippen LogP contribution in [0.15, 0.2) is 200 Å². The second-order valence-electron chi connectivity index (χ2n) is 14.0. The SMILES string of the molecule is c1ccc(-c2cc3c4ccccc4n(-c4ccc(-c5c6ccccc6c(-c6cccc7ccccc67)c6ccccc56)cc4)c3c3ccccc23)cc1. The molecule has 10 aromatic carbocycles. The van der Waals surface area contributed by atoms with E-state index >= 15 is 0 Å². The number of nitrogens with zero attached hydrogens (tertiary/aromatic N) is 1. The standard InChI is InChI=1S/C52H33N/c1-2-15-35(16-3-1)47-33-48-40-21-12-13-28-49(40)53(52(48)46-26-11-6-20-39(46)47)37-31-29-36(30-32-37)50-42-22-7-9-24-44(42)51(45-25-10-8-23-43(45)50)41-27-14-18-34-17-4-5-19-38(34)41/h1-33H. The van der Waals surface area contributed by atoms with Crippen molar-refractivity contribution in [3.05, 3.63) is 200 Å². The van der Waals surface area contributed by atoms with Crippen molar-refractivity contribution in [2.75, 3.05) is 0 Å². The van der Waals surface area contributed by atoms with Gasteiger partial charge in [-0.2, -0.15) is 0 Å². The summed E-state index contributed by atoms with van der Waals surface area (Å²) in [5.74, 6) is 0. The lowest BCUT2D eigenvalue weighted by atomic mass is 9.85. The summed E-state index contributed by atoms with van der Waals surface area (Å²) in [5, 5.41) is 12.6. The molecule has 0 fully saturated rings. The number of aromatic nitrogens is 1. The van der Waals surface area contributed by atoms with E-state index in [1.807, 2.05) is 0 Å². The van der Waals surface area contributed by atoms with Crippen LogP contribution in [-0.4, -0.2) is 4.57 Å². The molecule has 1 heteroatoms. The van der Waals surface area contributed by atoms with E-state index in [0.29, 0.717) is 0 Å². The van der Waals surface area contributed by atoms with Crippen LogP contribution in [0.2, 0.25) is 0 Å². The summed E-state index contributed by atoms with van der Waals surface area (Å²) < 4.78 is 2.46. The molecular formula is C52H33N.